The van der Waals surface area contributed by atoms with E-state index >= 15 is 0 Å². The van der Waals surface area contributed by atoms with E-state index in [4.69, 9.17) is 5.73 Å². The smallest absolute Gasteiger partial charge is 0.262 e. The van der Waals surface area contributed by atoms with Gasteiger partial charge in [0.15, 0.2) is 0 Å². The molecule has 3 aromatic rings. The predicted octanol–water partition coefficient (Wildman–Crippen LogP) is 2.45. The Kier molecular flexibility index (Phi) is 3.73. The number of nitrogen functional groups attached to an aromatic ring is 1. The summed E-state index contributed by atoms with van der Waals surface area (Å²) in [4.78, 5) is 19.0. The van der Waals surface area contributed by atoms with Gasteiger partial charge in [-0.3, -0.25) is 9.36 Å². The molecule has 2 N–H and O–H groups in total. The minimum atomic E-state index is -0.223. The second kappa shape index (κ2) is 5.53. The predicted molar refractivity (Wildman–Crippen MR) is 86.0 cm³/mol. The lowest BCUT2D eigenvalue weighted by molar-refractivity contribution is 0.600. The Morgan fingerprint density at radius 2 is 2.19 bits per heavy atom. The summed E-state index contributed by atoms with van der Waals surface area (Å²) < 4.78 is 1.59. The third-order valence-electron chi connectivity index (χ3n) is 3.26. The first-order valence-electron chi connectivity index (χ1n) is 6.68. The molecule has 0 aliphatic carbocycles. The Balaban J connectivity index is 2.07. The zero-order valence-electron chi connectivity index (χ0n) is 11.7. The molecule has 6 nitrogen and oxygen atoms in total. The zero-order chi connectivity index (χ0) is 15.0. The number of nitrogens with zero attached hydrogens (tertiary/aromatic N) is 4. The summed E-state index contributed by atoms with van der Waals surface area (Å²) >= 11 is 2.88. The fourth-order valence-electron chi connectivity index (χ4n) is 2.17. The van der Waals surface area contributed by atoms with Gasteiger partial charge in [-0.25, -0.2) is 4.98 Å². The number of rotatable bonds is 4. The number of anilines is 1. The van der Waals surface area contributed by atoms with Crippen LogP contribution in [0.5, 0.6) is 0 Å². The van der Waals surface area contributed by atoms with E-state index in [1.165, 1.54) is 16.2 Å². The van der Waals surface area contributed by atoms with Crippen molar-refractivity contribution in [2.24, 2.45) is 0 Å². The van der Waals surface area contributed by atoms with Crippen molar-refractivity contribution < 1.29 is 0 Å². The van der Waals surface area contributed by atoms with E-state index in [1.54, 1.807) is 22.2 Å². The number of hydrogen-bond donors (Lipinski definition) is 1. The molecule has 0 spiro atoms. The summed E-state index contributed by atoms with van der Waals surface area (Å²) in [5.74, 6) is 0. The van der Waals surface area contributed by atoms with Crippen LogP contribution in [0, 0.1) is 0 Å². The molecular formula is C13H15N5OS2. The highest BCUT2D eigenvalue weighted by atomic mass is 32.1. The van der Waals surface area contributed by atoms with Crippen LogP contribution >= 0.6 is 22.7 Å². The summed E-state index contributed by atoms with van der Waals surface area (Å²) in [6.07, 6.45) is 3.61. The molecule has 8 heteroatoms. The van der Waals surface area contributed by atoms with E-state index in [2.05, 4.69) is 22.1 Å². The van der Waals surface area contributed by atoms with Gasteiger partial charge in [0, 0.05) is 4.88 Å². The molecule has 0 fully saturated rings. The van der Waals surface area contributed by atoms with E-state index in [0.29, 0.717) is 15.5 Å². The largest absolute Gasteiger partial charge is 0.374 e. The molecule has 3 rings (SSSR count). The van der Waals surface area contributed by atoms with Crippen LogP contribution in [-0.4, -0.2) is 19.7 Å². The first-order valence-corrected chi connectivity index (χ1v) is 8.32. The fourth-order valence-corrected chi connectivity index (χ4v) is 3.92. The van der Waals surface area contributed by atoms with Gasteiger partial charge in [-0.15, -0.1) is 21.5 Å². The highest BCUT2D eigenvalue weighted by molar-refractivity contribution is 7.18. The third-order valence-corrected chi connectivity index (χ3v) is 5.28. The number of aromatic nitrogens is 4. The molecule has 1 atom stereocenters. The van der Waals surface area contributed by atoms with Gasteiger partial charge in [0.25, 0.3) is 5.56 Å². The maximum atomic E-state index is 12.6. The van der Waals surface area contributed by atoms with Crippen molar-refractivity contribution in [3.63, 3.8) is 0 Å². The highest BCUT2D eigenvalue weighted by Crippen LogP contribution is 2.25. The Bertz CT molecular complexity index is 835. The average Bonchev–Trinajstić information content (AvgIpc) is 3.05. The maximum absolute atomic E-state index is 12.6. The van der Waals surface area contributed by atoms with E-state index in [-0.39, 0.29) is 11.6 Å². The van der Waals surface area contributed by atoms with Gasteiger partial charge in [-0.2, -0.15) is 0 Å². The van der Waals surface area contributed by atoms with Crippen LogP contribution in [-0.2, 0) is 6.42 Å². The van der Waals surface area contributed by atoms with Crippen molar-refractivity contribution in [1.29, 1.82) is 0 Å². The lowest BCUT2D eigenvalue weighted by Gasteiger charge is -2.10. The van der Waals surface area contributed by atoms with Crippen LogP contribution in [0.4, 0.5) is 5.13 Å². The molecule has 21 heavy (non-hydrogen) atoms. The van der Waals surface area contributed by atoms with Crippen molar-refractivity contribution >= 4 is 38.0 Å². The van der Waals surface area contributed by atoms with E-state index in [0.717, 1.165) is 17.7 Å². The molecule has 0 amide bonds. The van der Waals surface area contributed by atoms with Crippen LogP contribution < -0.4 is 11.3 Å². The van der Waals surface area contributed by atoms with Crippen LogP contribution in [0.25, 0.3) is 10.2 Å². The molecule has 3 aromatic heterocycles. The van der Waals surface area contributed by atoms with Gasteiger partial charge in [-0.1, -0.05) is 24.7 Å². The second-order valence-corrected chi connectivity index (χ2v) is 6.95. The molecule has 0 aromatic carbocycles. The topological polar surface area (TPSA) is 86.7 Å². The average molecular weight is 321 g/mol. The standard InChI is InChI=1S/C13H15N5OS2/c1-3-4-8-5-9-11(20-8)15-6-18(12(9)19)7(2)10-16-17-13(14)21-10/h5-7H,3-4H2,1-2H3,(H2,14,17)/t7-/m0/s1. The van der Waals surface area contributed by atoms with Crippen LogP contribution in [0.15, 0.2) is 17.2 Å². The first-order chi connectivity index (χ1) is 10.1. The quantitative estimate of drug-likeness (QED) is 0.797. The summed E-state index contributed by atoms with van der Waals surface area (Å²) in [6.45, 7) is 4.02. The lowest BCUT2D eigenvalue weighted by atomic mass is 10.2. The fraction of sp³-hybridized carbons (Fsp3) is 0.385. The SMILES string of the molecule is CCCc1cc2c(=O)n([C@@H](C)c3nnc(N)s3)cnc2s1. The summed E-state index contributed by atoms with van der Waals surface area (Å²) in [7, 11) is 0. The lowest BCUT2D eigenvalue weighted by Crippen LogP contribution is -2.23. The third kappa shape index (κ3) is 2.56. The molecule has 0 unspecified atom stereocenters. The summed E-state index contributed by atoms with van der Waals surface area (Å²) in [5.41, 5.74) is 5.56. The Morgan fingerprint density at radius 3 is 2.86 bits per heavy atom. The van der Waals surface area contributed by atoms with Crippen molar-refractivity contribution in [3.8, 4) is 0 Å². The molecule has 0 saturated carbocycles. The highest BCUT2D eigenvalue weighted by Gasteiger charge is 2.17. The molecule has 0 aliphatic heterocycles. The van der Waals surface area contributed by atoms with Crippen molar-refractivity contribution in [2.45, 2.75) is 32.7 Å². The Morgan fingerprint density at radius 1 is 1.38 bits per heavy atom. The normalized spacial score (nSPS) is 12.9. The van der Waals surface area contributed by atoms with Gasteiger partial charge in [-0.05, 0) is 19.4 Å². The van der Waals surface area contributed by atoms with Crippen molar-refractivity contribution in [1.82, 2.24) is 19.7 Å². The van der Waals surface area contributed by atoms with Crippen LogP contribution in [0.1, 0.15) is 36.2 Å². The number of aryl methyl sites for hydroxylation is 1. The number of nitrogens with two attached hydrogens (primary N) is 1. The molecule has 0 aliphatic rings. The summed E-state index contributed by atoms with van der Waals surface area (Å²) in [6, 6.07) is 1.73. The molecule has 110 valence electrons. The number of hydrogen-bond acceptors (Lipinski definition) is 7. The first kappa shape index (κ1) is 14.2. The van der Waals surface area contributed by atoms with E-state index in [9.17, 15) is 4.79 Å². The molecule has 0 radical (unpaired) electrons. The Labute approximate surface area is 129 Å². The zero-order valence-corrected chi connectivity index (χ0v) is 13.4. The molecular weight excluding hydrogens is 306 g/mol. The van der Waals surface area contributed by atoms with Gasteiger partial charge in [0.2, 0.25) is 5.13 Å². The summed E-state index contributed by atoms with van der Waals surface area (Å²) in [5, 5.41) is 9.59. The monoisotopic (exact) mass is 321 g/mol. The Hall–Kier alpha value is -1.80. The van der Waals surface area contributed by atoms with Crippen molar-refractivity contribution in [3.05, 3.63) is 32.6 Å². The van der Waals surface area contributed by atoms with Gasteiger partial charge in [0.1, 0.15) is 9.84 Å². The second-order valence-electron chi connectivity index (χ2n) is 4.79. The maximum Gasteiger partial charge on any atom is 0.262 e. The van der Waals surface area contributed by atoms with Crippen LogP contribution in [0.2, 0.25) is 0 Å². The minimum Gasteiger partial charge on any atom is -0.374 e. The number of thiophene rings is 1. The number of fused-ring (bicyclic) bond motifs is 1. The van der Waals surface area contributed by atoms with Gasteiger partial charge >= 0.3 is 0 Å². The van der Waals surface area contributed by atoms with Crippen LogP contribution in [0.3, 0.4) is 0 Å². The van der Waals surface area contributed by atoms with E-state index in [1.807, 2.05) is 13.0 Å². The van der Waals surface area contributed by atoms with Gasteiger partial charge < -0.3 is 5.73 Å². The molecule has 0 bridgehead atoms. The minimum absolute atomic E-state index is 0.0418. The van der Waals surface area contributed by atoms with E-state index < -0.39 is 0 Å². The molecule has 3 heterocycles. The molecule has 0 saturated heterocycles. The van der Waals surface area contributed by atoms with Crippen molar-refractivity contribution in [2.75, 3.05) is 5.73 Å². The van der Waals surface area contributed by atoms with Gasteiger partial charge in [0.05, 0.1) is 17.8 Å².